The summed E-state index contributed by atoms with van der Waals surface area (Å²) in [7, 11) is 0. The Morgan fingerprint density at radius 1 is 1.16 bits per heavy atom. The number of pyridine rings is 1. The highest BCUT2D eigenvalue weighted by molar-refractivity contribution is 5.53. The molecule has 2 heterocycles. The molecule has 1 fully saturated rings. The molecule has 0 atom stereocenters. The summed E-state index contributed by atoms with van der Waals surface area (Å²) < 4.78 is 5.34. The van der Waals surface area contributed by atoms with Crippen molar-refractivity contribution < 1.29 is 4.74 Å². The van der Waals surface area contributed by atoms with Gasteiger partial charge in [0, 0.05) is 32.7 Å². The third kappa shape index (κ3) is 5.04. The van der Waals surface area contributed by atoms with Gasteiger partial charge in [-0.05, 0) is 12.5 Å². The minimum absolute atomic E-state index is 0.859. The molecule has 5 heteroatoms. The lowest BCUT2D eigenvalue weighted by atomic mass is 10.3. The zero-order valence-electron chi connectivity index (χ0n) is 11.7. The topological polar surface area (TPSA) is 49.4 Å². The summed E-state index contributed by atoms with van der Waals surface area (Å²) in [5.74, 6) is 0. The second-order valence-corrected chi connectivity index (χ2v) is 4.77. The molecule has 0 spiro atoms. The van der Waals surface area contributed by atoms with Crippen LogP contribution >= 0.6 is 0 Å². The lowest BCUT2D eigenvalue weighted by molar-refractivity contribution is 0.0398. The first-order valence-corrected chi connectivity index (χ1v) is 7.11. The Morgan fingerprint density at radius 3 is 2.53 bits per heavy atom. The summed E-state index contributed by atoms with van der Waals surface area (Å²) in [5.41, 5.74) is 2.16. The number of ether oxygens (including phenoxy) is 1. The molecule has 0 saturated carbocycles. The zero-order chi connectivity index (χ0) is 13.3. The predicted octanol–water partition coefficient (Wildman–Crippen LogP) is 1.65. The first kappa shape index (κ1) is 14.1. The number of morpholine rings is 1. The number of hydrogen-bond acceptors (Lipinski definition) is 5. The van der Waals surface area contributed by atoms with Crippen LogP contribution in [-0.4, -0.2) is 55.8 Å². The summed E-state index contributed by atoms with van der Waals surface area (Å²) >= 11 is 0. The van der Waals surface area contributed by atoms with Crippen molar-refractivity contribution in [2.45, 2.75) is 13.3 Å². The second-order valence-electron chi connectivity index (χ2n) is 4.77. The SMILES string of the molecule is CCCNc1cncc(NCCN2CCOCC2)c1. The van der Waals surface area contributed by atoms with E-state index in [0.29, 0.717) is 0 Å². The Morgan fingerprint density at radius 2 is 1.84 bits per heavy atom. The molecule has 5 nitrogen and oxygen atoms in total. The van der Waals surface area contributed by atoms with Gasteiger partial charge in [-0.25, -0.2) is 0 Å². The molecule has 106 valence electrons. The van der Waals surface area contributed by atoms with Crippen molar-refractivity contribution in [1.82, 2.24) is 9.88 Å². The van der Waals surface area contributed by atoms with Gasteiger partial charge in [0.1, 0.15) is 0 Å². The maximum absolute atomic E-state index is 5.34. The van der Waals surface area contributed by atoms with E-state index in [0.717, 1.165) is 63.7 Å². The van der Waals surface area contributed by atoms with Crippen LogP contribution in [0.25, 0.3) is 0 Å². The molecule has 0 radical (unpaired) electrons. The molecule has 19 heavy (non-hydrogen) atoms. The first-order chi connectivity index (χ1) is 9.38. The van der Waals surface area contributed by atoms with Crippen molar-refractivity contribution >= 4 is 11.4 Å². The third-order valence-corrected chi connectivity index (χ3v) is 3.18. The van der Waals surface area contributed by atoms with Crippen LogP contribution in [0.2, 0.25) is 0 Å². The molecule has 0 aromatic carbocycles. The van der Waals surface area contributed by atoms with E-state index in [2.05, 4.69) is 33.5 Å². The third-order valence-electron chi connectivity index (χ3n) is 3.18. The van der Waals surface area contributed by atoms with Crippen LogP contribution in [0.4, 0.5) is 11.4 Å². The average Bonchev–Trinajstić information content (AvgIpc) is 2.47. The van der Waals surface area contributed by atoms with Crippen LogP contribution in [0.1, 0.15) is 13.3 Å². The van der Waals surface area contributed by atoms with Gasteiger partial charge in [0.05, 0.1) is 37.0 Å². The summed E-state index contributed by atoms with van der Waals surface area (Å²) in [6, 6.07) is 2.11. The van der Waals surface area contributed by atoms with E-state index < -0.39 is 0 Å². The van der Waals surface area contributed by atoms with Gasteiger partial charge in [0.15, 0.2) is 0 Å². The van der Waals surface area contributed by atoms with Crippen LogP contribution in [0.3, 0.4) is 0 Å². The lowest BCUT2D eigenvalue weighted by Gasteiger charge is -2.26. The van der Waals surface area contributed by atoms with Crippen molar-refractivity contribution in [3.05, 3.63) is 18.5 Å². The van der Waals surface area contributed by atoms with E-state index >= 15 is 0 Å². The smallest absolute Gasteiger partial charge is 0.0594 e. The van der Waals surface area contributed by atoms with Crippen molar-refractivity contribution in [2.24, 2.45) is 0 Å². The Balaban J connectivity index is 1.72. The molecule has 0 amide bonds. The minimum atomic E-state index is 0.859. The molecule has 2 rings (SSSR count). The zero-order valence-corrected chi connectivity index (χ0v) is 11.7. The van der Waals surface area contributed by atoms with Gasteiger partial charge in [-0.2, -0.15) is 0 Å². The van der Waals surface area contributed by atoms with Gasteiger partial charge in [0.2, 0.25) is 0 Å². The molecule has 0 bridgehead atoms. The van der Waals surface area contributed by atoms with Gasteiger partial charge in [-0.15, -0.1) is 0 Å². The van der Waals surface area contributed by atoms with E-state index in [4.69, 9.17) is 4.74 Å². The van der Waals surface area contributed by atoms with Gasteiger partial charge in [0.25, 0.3) is 0 Å². The minimum Gasteiger partial charge on any atom is -0.384 e. The molecule has 1 aromatic heterocycles. The van der Waals surface area contributed by atoms with Crippen molar-refractivity contribution in [3.8, 4) is 0 Å². The molecule has 0 unspecified atom stereocenters. The van der Waals surface area contributed by atoms with Crippen LogP contribution < -0.4 is 10.6 Å². The normalized spacial score (nSPS) is 16.3. The molecular formula is C14H24N4O. The standard InChI is InChI=1S/C14H24N4O/c1-2-3-16-13-10-14(12-15-11-13)17-4-5-18-6-8-19-9-7-18/h10-12,16-17H,2-9H2,1H3. The molecule has 0 aliphatic carbocycles. The maximum atomic E-state index is 5.34. The molecule has 1 aromatic rings. The van der Waals surface area contributed by atoms with E-state index in [1.165, 1.54) is 0 Å². The summed E-state index contributed by atoms with van der Waals surface area (Å²) in [5, 5.41) is 6.77. The summed E-state index contributed by atoms with van der Waals surface area (Å²) in [6.45, 7) is 8.94. The quantitative estimate of drug-likeness (QED) is 0.784. The Kier molecular flexibility index (Phi) is 5.91. The van der Waals surface area contributed by atoms with E-state index in [1.807, 2.05) is 12.4 Å². The number of rotatable bonds is 7. The van der Waals surface area contributed by atoms with E-state index in [9.17, 15) is 0 Å². The predicted molar refractivity (Wildman–Crippen MR) is 78.8 cm³/mol. The fourth-order valence-corrected chi connectivity index (χ4v) is 2.09. The Labute approximate surface area is 115 Å². The number of nitrogens with zero attached hydrogens (tertiary/aromatic N) is 2. The van der Waals surface area contributed by atoms with Crippen molar-refractivity contribution in [1.29, 1.82) is 0 Å². The van der Waals surface area contributed by atoms with Gasteiger partial charge >= 0.3 is 0 Å². The first-order valence-electron chi connectivity index (χ1n) is 7.11. The maximum Gasteiger partial charge on any atom is 0.0594 e. The summed E-state index contributed by atoms with van der Waals surface area (Å²) in [6.07, 6.45) is 4.86. The summed E-state index contributed by atoms with van der Waals surface area (Å²) in [4.78, 5) is 6.66. The molecule has 1 aliphatic rings. The van der Waals surface area contributed by atoms with Gasteiger partial charge < -0.3 is 15.4 Å². The number of aromatic nitrogens is 1. The van der Waals surface area contributed by atoms with Crippen LogP contribution in [0.15, 0.2) is 18.5 Å². The van der Waals surface area contributed by atoms with Crippen LogP contribution in [-0.2, 0) is 4.74 Å². The second kappa shape index (κ2) is 7.96. The van der Waals surface area contributed by atoms with Crippen molar-refractivity contribution in [3.63, 3.8) is 0 Å². The Bertz CT molecular complexity index is 366. The highest BCUT2D eigenvalue weighted by Crippen LogP contribution is 2.12. The van der Waals surface area contributed by atoms with E-state index in [1.54, 1.807) is 0 Å². The average molecular weight is 264 g/mol. The lowest BCUT2D eigenvalue weighted by Crippen LogP contribution is -2.39. The molecular weight excluding hydrogens is 240 g/mol. The Hall–Kier alpha value is -1.33. The fraction of sp³-hybridized carbons (Fsp3) is 0.643. The van der Waals surface area contributed by atoms with Crippen LogP contribution in [0.5, 0.6) is 0 Å². The molecule has 1 saturated heterocycles. The monoisotopic (exact) mass is 264 g/mol. The molecule has 1 aliphatic heterocycles. The number of hydrogen-bond donors (Lipinski definition) is 2. The van der Waals surface area contributed by atoms with Gasteiger partial charge in [-0.1, -0.05) is 6.92 Å². The number of anilines is 2. The fourth-order valence-electron chi connectivity index (χ4n) is 2.09. The van der Waals surface area contributed by atoms with Gasteiger partial charge in [-0.3, -0.25) is 9.88 Å². The molecule has 2 N–H and O–H groups in total. The highest BCUT2D eigenvalue weighted by atomic mass is 16.5. The number of nitrogens with one attached hydrogen (secondary N) is 2. The largest absolute Gasteiger partial charge is 0.384 e. The van der Waals surface area contributed by atoms with E-state index in [-0.39, 0.29) is 0 Å². The highest BCUT2D eigenvalue weighted by Gasteiger charge is 2.09. The van der Waals surface area contributed by atoms with Crippen molar-refractivity contribution in [2.75, 3.05) is 56.6 Å². The van der Waals surface area contributed by atoms with Crippen LogP contribution in [0, 0.1) is 0 Å².